The van der Waals surface area contributed by atoms with Crippen LogP contribution in [0.25, 0.3) is 0 Å². The van der Waals surface area contributed by atoms with Crippen LogP contribution in [0.5, 0.6) is 0 Å². The lowest BCUT2D eigenvalue weighted by atomic mass is 10.1. The van der Waals surface area contributed by atoms with E-state index in [-0.39, 0.29) is 0 Å². The minimum Gasteiger partial charge on any atom is -0.462 e. The molecule has 0 aliphatic carbocycles. The molecule has 78 valence electrons. The fourth-order valence-electron chi connectivity index (χ4n) is 1.10. The molecule has 0 saturated heterocycles. The highest BCUT2D eigenvalue weighted by Crippen LogP contribution is 2.18. The van der Waals surface area contributed by atoms with Crippen molar-refractivity contribution in [1.29, 1.82) is 0 Å². The second kappa shape index (κ2) is 3.96. The minimum atomic E-state index is -2.28. The number of carbonyl (C=O) groups is 1. The maximum absolute atomic E-state index is 11.5. The first-order chi connectivity index (χ1) is 6.46. The highest BCUT2D eigenvalue weighted by Gasteiger charge is 2.16. The van der Waals surface area contributed by atoms with Crippen LogP contribution in [0.2, 0.25) is 0 Å². The van der Waals surface area contributed by atoms with Gasteiger partial charge in [-0.2, -0.15) is 0 Å². The Morgan fingerprint density at radius 2 is 2.29 bits per heavy atom. The van der Waals surface area contributed by atoms with Gasteiger partial charge in [0.2, 0.25) is 0 Å². The molecule has 1 atom stereocenters. The molecule has 1 unspecified atom stereocenters. The first-order valence-electron chi connectivity index (χ1n) is 4.23. The first-order valence-corrected chi connectivity index (χ1v) is 6.22. The molecular weight excluding hydrogens is 202 g/mol. The summed E-state index contributed by atoms with van der Waals surface area (Å²) in [5, 5.41) is 1.50. The lowest BCUT2D eigenvalue weighted by Crippen LogP contribution is -2.11. The van der Waals surface area contributed by atoms with Crippen molar-refractivity contribution in [2.45, 2.75) is 13.8 Å². The molecule has 1 aliphatic heterocycles. The van der Waals surface area contributed by atoms with E-state index in [4.69, 9.17) is 4.74 Å². The third-order valence-electron chi connectivity index (χ3n) is 1.71. The largest absolute Gasteiger partial charge is 0.462 e. The van der Waals surface area contributed by atoms with Crippen molar-refractivity contribution in [1.82, 2.24) is 0 Å². The van der Waals surface area contributed by atoms with Crippen LogP contribution in [0.4, 0.5) is 0 Å². The van der Waals surface area contributed by atoms with Crippen LogP contribution in [0.3, 0.4) is 0 Å². The zero-order valence-electron chi connectivity index (χ0n) is 8.44. The maximum atomic E-state index is 11.5. The van der Waals surface area contributed by atoms with Gasteiger partial charge in [-0.3, -0.25) is 0 Å². The van der Waals surface area contributed by atoms with Crippen LogP contribution in [-0.2, 0) is 19.3 Å². The Kier molecular flexibility index (Phi) is 3.10. The monoisotopic (exact) mass is 215 g/mol. The average Bonchev–Trinajstić information content (AvgIpc) is 2.02. The van der Waals surface area contributed by atoms with E-state index >= 15 is 0 Å². The van der Waals surface area contributed by atoms with Gasteiger partial charge in [-0.05, 0) is 19.4 Å². The number of carbonyl (C=O) groups excluding carboxylic acids is 1. The summed E-state index contributed by atoms with van der Waals surface area (Å²) in [5.41, 5.74) is 1.04. The summed E-state index contributed by atoms with van der Waals surface area (Å²) in [6.45, 7) is 3.78. The van der Waals surface area contributed by atoms with Gasteiger partial charge in [-0.1, -0.05) is 0 Å². The molecule has 0 N–H and O–H groups in total. The van der Waals surface area contributed by atoms with Crippen LogP contribution in [-0.4, -0.2) is 23.0 Å². The van der Waals surface area contributed by atoms with E-state index in [2.05, 4.69) is 4.36 Å². The van der Waals surface area contributed by atoms with Crippen LogP contribution in [0.15, 0.2) is 27.1 Å². The van der Waals surface area contributed by atoms with Gasteiger partial charge in [0.05, 0.1) is 28.1 Å². The van der Waals surface area contributed by atoms with E-state index in [0.29, 0.717) is 17.8 Å². The Bertz CT molecular complexity index is 425. The number of ether oxygens (including phenoxy) is 1. The molecule has 5 heteroatoms. The van der Waals surface area contributed by atoms with Crippen molar-refractivity contribution in [2.75, 3.05) is 12.9 Å². The van der Waals surface area contributed by atoms with Crippen molar-refractivity contribution in [3.05, 3.63) is 22.8 Å². The van der Waals surface area contributed by atoms with E-state index in [9.17, 15) is 9.00 Å². The molecule has 0 spiro atoms. The Balaban J connectivity index is 3.02. The molecular formula is C9H13NO3S. The zero-order valence-corrected chi connectivity index (χ0v) is 9.26. The van der Waals surface area contributed by atoms with E-state index < -0.39 is 15.7 Å². The smallest absolute Gasteiger partial charge is 0.340 e. The van der Waals surface area contributed by atoms with Crippen LogP contribution < -0.4 is 0 Å². The van der Waals surface area contributed by atoms with Crippen molar-refractivity contribution in [2.24, 2.45) is 4.36 Å². The van der Waals surface area contributed by atoms with Gasteiger partial charge in [0.15, 0.2) is 0 Å². The van der Waals surface area contributed by atoms with Gasteiger partial charge < -0.3 is 4.74 Å². The Labute approximate surface area is 83.8 Å². The van der Waals surface area contributed by atoms with Gasteiger partial charge in [0.1, 0.15) is 0 Å². The molecule has 0 radical (unpaired) electrons. The van der Waals surface area contributed by atoms with Crippen LogP contribution in [0, 0.1) is 0 Å². The topological polar surface area (TPSA) is 55.7 Å². The highest BCUT2D eigenvalue weighted by molar-refractivity contribution is 7.95. The Morgan fingerprint density at radius 1 is 1.64 bits per heavy atom. The Morgan fingerprint density at radius 3 is 2.79 bits per heavy atom. The summed E-state index contributed by atoms with van der Waals surface area (Å²) in [5.74, 6) is -0.417. The normalized spacial score (nSPS) is 25.9. The second-order valence-electron chi connectivity index (χ2n) is 3.03. The zero-order chi connectivity index (χ0) is 10.8. The number of hydrogen-bond acceptors (Lipinski definition) is 4. The molecule has 0 aromatic heterocycles. The number of hydrogen-bond donors (Lipinski definition) is 0. The SMILES string of the molecule is CCOC(=O)C1=CN=S(C)(=O)C=C1C. The lowest BCUT2D eigenvalue weighted by Gasteiger charge is -2.10. The molecule has 14 heavy (non-hydrogen) atoms. The van der Waals surface area contributed by atoms with E-state index in [1.165, 1.54) is 17.9 Å². The lowest BCUT2D eigenvalue weighted by molar-refractivity contribution is -0.138. The highest BCUT2D eigenvalue weighted by atomic mass is 32.2. The Hall–Kier alpha value is -1.10. The predicted octanol–water partition coefficient (Wildman–Crippen LogP) is 1.45. The van der Waals surface area contributed by atoms with E-state index in [0.717, 1.165) is 0 Å². The number of nitrogens with zero attached hydrogens (tertiary/aromatic N) is 1. The summed E-state index contributed by atoms with van der Waals surface area (Å²) >= 11 is 0. The van der Waals surface area contributed by atoms with E-state index in [1.54, 1.807) is 13.8 Å². The summed E-state index contributed by atoms with van der Waals surface area (Å²) in [6.07, 6.45) is 2.85. The molecule has 0 fully saturated rings. The molecule has 0 amide bonds. The van der Waals surface area contributed by atoms with Gasteiger partial charge in [-0.15, -0.1) is 0 Å². The van der Waals surface area contributed by atoms with Crippen LogP contribution >= 0.6 is 0 Å². The third kappa shape index (κ3) is 2.45. The summed E-state index contributed by atoms with van der Waals surface area (Å²) < 4.78 is 20.1. The summed E-state index contributed by atoms with van der Waals surface area (Å²) in [4.78, 5) is 11.3. The average molecular weight is 215 g/mol. The summed E-state index contributed by atoms with van der Waals surface area (Å²) in [6, 6.07) is 0. The molecule has 0 aromatic rings. The third-order valence-corrected chi connectivity index (χ3v) is 3.02. The molecule has 1 rings (SSSR count). The van der Waals surface area contributed by atoms with E-state index in [1.807, 2.05) is 0 Å². The van der Waals surface area contributed by atoms with Gasteiger partial charge in [-0.25, -0.2) is 13.4 Å². The van der Waals surface area contributed by atoms with Gasteiger partial charge in [0, 0.05) is 11.7 Å². The molecule has 0 saturated carbocycles. The fraction of sp³-hybridized carbons (Fsp3) is 0.444. The van der Waals surface area contributed by atoms with Crippen molar-refractivity contribution >= 4 is 15.7 Å². The predicted molar refractivity (Wildman–Crippen MR) is 55.0 cm³/mol. The maximum Gasteiger partial charge on any atom is 0.340 e. The fourth-order valence-corrected chi connectivity index (χ4v) is 2.26. The minimum absolute atomic E-state index is 0.324. The van der Waals surface area contributed by atoms with Gasteiger partial charge >= 0.3 is 5.97 Å². The molecule has 4 nitrogen and oxygen atoms in total. The van der Waals surface area contributed by atoms with Gasteiger partial charge in [0.25, 0.3) is 0 Å². The standard InChI is InChI=1S/C9H13NO3S/c1-4-13-9(11)8-5-10-14(3,12)6-7(8)2/h5-6H,4H2,1-3H3. The molecule has 0 aromatic carbocycles. The quantitative estimate of drug-likeness (QED) is 0.655. The number of rotatable bonds is 2. The molecule has 0 bridgehead atoms. The summed E-state index contributed by atoms with van der Waals surface area (Å²) in [7, 11) is -2.28. The molecule has 1 heterocycles. The first kappa shape index (κ1) is 11.0. The molecule has 1 aliphatic rings. The van der Waals surface area contributed by atoms with Crippen LogP contribution in [0.1, 0.15) is 13.8 Å². The van der Waals surface area contributed by atoms with Crippen molar-refractivity contribution in [3.8, 4) is 0 Å². The second-order valence-corrected chi connectivity index (χ2v) is 5.20. The van der Waals surface area contributed by atoms with Crippen molar-refractivity contribution in [3.63, 3.8) is 0 Å². The van der Waals surface area contributed by atoms with Crippen molar-refractivity contribution < 1.29 is 13.7 Å². The number of esters is 1.